The van der Waals surface area contributed by atoms with Gasteiger partial charge in [0, 0.05) is 14.1 Å². The van der Waals surface area contributed by atoms with Crippen molar-refractivity contribution in [2.75, 3.05) is 0 Å². The molecule has 0 fully saturated rings. The molecule has 2 aromatic carbocycles. The summed E-state index contributed by atoms with van der Waals surface area (Å²) in [5, 5.41) is 0.292. The molecule has 0 saturated carbocycles. The second-order valence-electron chi connectivity index (χ2n) is 6.32. The fourth-order valence-electron chi connectivity index (χ4n) is 2.80. The van der Waals surface area contributed by atoms with Crippen molar-refractivity contribution in [3.8, 4) is 0 Å². The van der Waals surface area contributed by atoms with Crippen molar-refractivity contribution in [2.24, 2.45) is 14.1 Å². The van der Waals surface area contributed by atoms with Crippen LogP contribution < -0.4 is 21.8 Å². The highest BCUT2D eigenvalue weighted by Crippen LogP contribution is 2.29. The Bertz CT molecular complexity index is 1240. The first kappa shape index (κ1) is 19.4. The van der Waals surface area contributed by atoms with Crippen molar-refractivity contribution >= 4 is 12.2 Å². The quantitative estimate of drug-likeness (QED) is 0.674. The summed E-state index contributed by atoms with van der Waals surface area (Å²) in [4.78, 5) is 25.5. The van der Waals surface area contributed by atoms with Crippen LogP contribution in [0.15, 0.2) is 64.2 Å². The van der Waals surface area contributed by atoms with Crippen molar-refractivity contribution in [2.45, 2.75) is 6.18 Å². The fourth-order valence-corrected chi connectivity index (χ4v) is 2.80. The molecule has 1 aromatic heterocycles. The molecule has 0 radical (unpaired) electrons. The molecule has 3 aromatic rings. The molecule has 4 nitrogen and oxygen atoms in total. The van der Waals surface area contributed by atoms with E-state index in [1.54, 1.807) is 6.08 Å². The Morgan fingerprint density at radius 1 is 0.714 bits per heavy atom. The van der Waals surface area contributed by atoms with Gasteiger partial charge in [0.1, 0.15) is 10.7 Å². The SMILES string of the molecule is Cn1c(=O)c(=Cc2ccc(C(F)(F)F)cc2)n(C)c(=O)c1=Cc1ccccc1. The molecule has 144 valence electrons. The van der Waals surface area contributed by atoms with E-state index in [0.29, 0.717) is 5.56 Å². The summed E-state index contributed by atoms with van der Waals surface area (Å²) >= 11 is 0. The Morgan fingerprint density at radius 2 is 1.14 bits per heavy atom. The molecule has 0 amide bonds. The Kier molecular flexibility index (Phi) is 5.09. The fraction of sp³-hybridized carbons (Fsp3) is 0.143. The van der Waals surface area contributed by atoms with Crippen LogP contribution in [0.25, 0.3) is 12.2 Å². The summed E-state index contributed by atoms with van der Waals surface area (Å²) in [6.07, 6.45) is -1.42. The van der Waals surface area contributed by atoms with Gasteiger partial charge < -0.3 is 9.13 Å². The molecule has 0 aliphatic rings. The minimum absolute atomic E-state index is 0.0810. The molecular formula is C21H17F3N2O2. The zero-order valence-electron chi connectivity index (χ0n) is 15.2. The van der Waals surface area contributed by atoms with Crippen molar-refractivity contribution in [3.63, 3.8) is 0 Å². The van der Waals surface area contributed by atoms with Crippen LogP contribution in [0, 0.1) is 0 Å². The largest absolute Gasteiger partial charge is 0.416 e. The maximum absolute atomic E-state index is 12.8. The number of benzene rings is 2. The summed E-state index contributed by atoms with van der Waals surface area (Å²) in [6.45, 7) is 0. The van der Waals surface area contributed by atoms with Crippen LogP contribution in [0.1, 0.15) is 16.7 Å². The van der Waals surface area contributed by atoms with Crippen molar-refractivity contribution in [3.05, 3.63) is 103 Å². The molecule has 28 heavy (non-hydrogen) atoms. The minimum Gasteiger partial charge on any atom is -0.305 e. The molecule has 7 heteroatoms. The zero-order valence-corrected chi connectivity index (χ0v) is 15.2. The average molecular weight is 386 g/mol. The molecule has 0 unspecified atom stereocenters. The van der Waals surface area contributed by atoms with Crippen LogP contribution in [-0.4, -0.2) is 9.13 Å². The lowest BCUT2D eigenvalue weighted by Gasteiger charge is -2.07. The second kappa shape index (κ2) is 7.34. The predicted molar refractivity (Wildman–Crippen MR) is 101 cm³/mol. The maximum Gasteiger partial charge on any atom is 0.416 e. The minimum atomic E-state index is -4.43. The molecule has 3 rings (SSSR count). The topological polar surface area (TPSA) is 44.0 Å². The summed E-state index contributed by atoms with van der Waals surface area (Å²) in [7, 11) is 2.95. The monoisotopic (exact) mass is 386 g/mol. The number of hydrogen-bond acceptors (Lipinski definition) is 2. The van der Waals surface area contributed by atoms with E-state index >= 15 is 0 Å². The van der Waals surface area contributed by atoms with Gasteiger partial charge in [0.15, 0.2) is 0 Å². The summed E-state index contributed by atoms with van der Waals surface area (Å²) < 4.78 is 40.5. The van der Waals surface area contributed by atoms with E-state index in [4.69, 9.17) is 0 Å². The van der Waals surface area contributed by atoms with Crippen molar-refractivity contribution in [1.82, 2.24) is 9.13 Å². The van der Waals surface area contributed by atoms with Gasteiger partial charge >= 0.3 is 6.18 Å². The highest BCUT2D eigenvalue weighted by atomic mass is 19.4. The Morgan fingerprint density at radius 3 is 1.57 bits per heavy atom. The highest BCUT2D eigenvalue weighted by molar-refractivity contribution is 5.50. The average Bonchev–Trinajstić information content (AvgIpc) is 2.67. The smallest absolute Gasteiger partial charge is 0.305 e. The van der Waals surface area contributed by atoms with Crippen LogP contribution in [0.3, 0.4) is 0 Å². The Hall–Kier alpha value is -3.35. The highest BCUT2D eigenvalue weighted by Gasteiger charge is 2.29. The van der Waals surface area contributed by atoms with Crippen LogP contribution in [0.2, 0.25) is 0 Å². The third kappa shape index (κ3) is 3.83. The van der Waals surface area contributed by atoms with E-state index in [2.05, 4.69) is 0 Å². The lowest BCUT2D eigenvalue weighted by Crippen LogP contribution is -2.56. The van der Waals surface area contributed by atoms with Gasteiger partial charge in [0.25, 0.3) is 11.1 Å². The van der Waals surface area contributed by atoms with Crippen LogP contribution >= 0.6 is 0 Å². The van der Waals surface area contributed by atoms with Gasteiger partial charge in [0.2, 0.25) is 0 Å². The Balaban J connectivity index is 2.19. The van der Waals surface area contributed by atoms with E-state index in [-0.39, 0.29) is 16.3 Å². The molecule has 1 heterocycles. The molecule has 0 aliphatic carbocycles. The first-order chi connectivity index (χ1) is 13.2. The van der Waals surface area contributed by atoms with Crippen LogP contribution in [-0.2, 0) is 20.3 Å². The lowest BCUT2D eigenvalue weighted by atomic mass is 10.1. The molecule has 0 saturated heterocycles. The summed E-state index contributed by atoms with van der Waals surface area (Å²) in [5.74, 6) is 0. The van der Waals surface area contributed by atoms with E-state index in [9.17, 15) is 22.8 Å². The van der Waals surface area contributed by atoms with Gasteiger partial charge in [-0.25, -0.2) is 0 Å². The van der Waals surface area contributed by atoms with Crippen LogP contribution in [0.4, 0.5) is 13.2 Å². The van der Waals surface area contributed by atoms with Gasteiger partial charge in [-0.2, -0.15) is 13.2 Å². The number of hydrogen-bond donors (Lipinski definition) is 0. The first-order valence-electron chi connectivity index (χ1n) is 8.40. The van der Waals surface area contributed by atoms with Gasteiger partial charge in [-0.15, -0.1) is 0 Å². The zero-order chi connectivity index (χ0) is 20.5. The van der Waals surface area contributed by atoms with Gasteiger partial charge in [0.05, 0.1) is 5.56 Å². The molecule has 0 bridgehead atoms. The number of rotatable bonds is 2. The molecule has 0 aliphatic heterocycles. The number of aromatic nitrogens is 2. The number of nitrogens with zero attached hydrogens (tertiary/aromatic N) is 2. The molecule has 0 atom stereocenters. The first-order valence-corrected chi connectivity index (χ1v) is 8.40. The van der Waals surface area contributed by atoms with Crippen molar-refractivity contribution in [1.29, 1.82) is 0 Å². The Labute approximate surface area is 158 Å². The normalized spacial score (nSPS) is 13.2. The van der Waals surface area contributed by atoms with E-state index in [1.807, 2.05) is 30.3 Å². The van der Waals surface area contributed by atoms with E-state index < -0.39 is 17.3 Å². The summed E-state index contributed by atoms with van der Waals surface area (Å²) in [5.41, 5.74) is -0.429. The van der Waals surface area contributed by atoms with Crippen LogP contribution in [0.5, 0.6) is 0 Å². The predicted octanol–water partition coefficient (Wildman–Crippen LogP) is 1.76. The third-order valence-electron chi connectivity index (χ3n) is 4.41. The summed E-state index contributed by atoms with van der Waals surface area (Å²) in [6, 6.07) is 13.5. The third-order valence-corrected chi connectivity index (χ3v) is 4.41. The van der Waals surface area contributed by atoms with Gasteiger partial charge in [-0.05, 0) is 35.4 Å². The molecule has 0 N–H and O–H groups in total. The van der Waals surface area contributed by atoms with E-state index in [0.717, 1.165) is 17.7 Å². The van der Waals surface area contributed by atoms with Crippen molar-refractivity contribution < 1.29 is 13.2 Å². The maximum atomic E-state index is 12.8. The second-order valence-corrected chi connectivity index (χ2v) is 6.32. The van der Waals surface area contributed by atoms with Gasteiger partial charge in [-0.1, -0.05) is 42.5 Å². The lowest BCUT2D eigenvalue weighted by molar-refractivity contribution is -0.137. The van der Waals surface area contributed by atoms with Gasteiger partial charge in [-0.3, -0.25) is 9.59 Å². The number of halogens is 3. The number of alkyl halides is 3. The molecular weight excluding hydrogens is 369 g/mol. The van der Waals surface area contributed by atoms with E-state index in [1.165, 1.54) is 41.4 Å². The molecule has 0 spiro atoms. The standard InChI is InChI=1S/C21H17F3N2O2/c1-25-17(12-14-6-4-3-5-7-14)19(27)26(2)18(20(25)28)13-15-8-10-16(11-9-15)21(22,23)24/h3-13H,1-2H3.